The zero-order chi connectivity index (χ0) is 26.0. The van der Waals surface area contributed by atoms with Crippen LogP contribution in [0.4, 0.5) is 13.2 Å². The largest absolute Gasteiger partial charge is 0.508 e. The molecule has 0 saturated heterocycles. The van der Waals surface area contributed by atoms with Gasteiger partial charge in [0.25, 0.3) is 0 Å². The number of allylic oxidation sites excluding steroid dienone is 4. The van der Waals surface area contributed by atoms with E-state index in [4.69, 9.17) is 4.74 Å². The predicted molar refractivity (Wildman–Crippen MR) is 138 cm³/mol. The number of aromatic hydroxyl groups is 1. The first-order valence-corrected chi connectivity index (χ1v) is 11.8. The number of hydrogen-bond acceptors (Lipinski definition) is 2. The molecule has 0 heterocycles. The maximum absolute atomic E-state index is 14.9. The van der Waals surface area contributed by atoms with Crippen LogP contribution < -0.4 is 0 Å². The minimum absolute atomic E-state index is 0.0283. The Hall–Kier alpha value is -3.21. The minimum atomic E-state index is -0.855. The highest BCUT2D eigenvalue weighted by Gasteiger charge is 2.26. The molecule has 3 rings (SSSR count). The highest BCUT2D eigenvalue weighted by Crippen LogP contribution is 2.40. The maximum atomic E-state index is 14.9. The van der Waals surface area contributed by atoms with Gasteiger partial charge in [-0.05, 0) is 86.1 Å². The van der Waals surface area contributed by atoms with Crippen molar-refractivity contribution in [1.82, 2.24) is 0 Å². The summed E-state index contributed by atoms with van der Waals surface area (Å²) in [6, 6.07) is 9.32. The molecule has 1 fully saturated rings. The average molecular weight is 485 g/mol. The monoisotopic (exact) mass is 484 g/mol. The summed E-state index contributed by atoms with van der Waals surface area (Å²) in [5.74, 6) is -1.37. The van der Waals surface area contributed by atoms with Crippen LogP contribution in [0.1, 0.15) is 56.9 Å². The van der Waals surface area contributed by atoms with Crippen LogP contribution in [0.3, 0.4) is 0 Å². The van der Waals surface area contributed by atoms with Crippen LogP contribution in [-0.4, -0.2) is 12.2 Å². The first kappa shape index (κ1) is 28.0. The molecule has 0 unspecified atom stereocenters. The van der Waals surface area contributed by atoms with Crippen LogP contribution in [-0.2, 0) is 4.74 Å². The molecule has 188 valence electrons. The fraction of sp³-hybridized carbons (Fsp3) is 0.333. The average Bonchev–Trinajstić information content (AvgIpc) is 2.85. The van der Waals surface area contributed by atoms with Crippen molar-refractivity contribution in [2.45, 2.75) is 51.4 Å². The van der Waals surface area contributed by atoms with Gasteiger partial charge in [-0.3, -0.25) is 0 Å². The lowest BCUT2D eigenvalue weighted by Gasteiger charge is -2.29. The molecule has 2 nitrogen and oxygen atoms in total. The van der Waals surface area contributed by atoms with Gasteiger partial charge >= 0.3 is 0 Å². The summed E-state index contributed by atoms with van der Waals surface area (Å²) in [5, 5.41) is 9.40. The van der Waals surface area contributed by atoms with Crippen molar-refractivity contribution in [1.29, 1.82) is 0 Å². The fourth-order valence-corrected chi connectivity index (χ4v) is 4.31. The molecule has 0 aromatic heterocycles. The number of phenolic OH excluding ortho intramolecular Hbond substituents is 1. The van der Waals surface area contributed by atoms with Gasteiger partial charge in [-0.15, -0.1) is 6.58 Å². The molecule has 5 heteroatoms. The second-order valence-electron chi connectivity index (χ2n) is 8.81. The van der Waals surface area contributed by atoms with E-state index in [1.807, 2.05) is 6.92 Å². The second kappa shape index (κ2) is 13.6. The number of hydrogen-bond donors (Lipinski definition) is 1. The van der Waals surface area contributed by atoms with E-state index in [9.17, 15) is 18.3 Å². The molecule has 0 bridgehead atoms. The summed E-state index contributed by atoms with van der Waals surface area (Å²) < 4.78 is 48.6. The maximum Gasteiger partial charge on any atom is 0.166 e. The van der Waals surface area contributed by atoms with Crippen molar-refractivity contribution in [2.75, 3.05) is 7.11 Å². The van der Waals surface area contributed by atoms with Crippen LogP contribution in [0.15, 0.2) is 85.4 Å². The Morgan fingerprint density at radius 3 is 2.20 bits per heavy atom. The summed E-state index contributed by atoms with van der Waals surface area (Å²) in [4.78, 5) is 0. The third-order valence-electron chi connectivity index (χ3n) is 6.32. The Balaban J connectivity index is 0.00000137. The Kier molecular flexibility index (Phi) is 10.9. The Morgan fingerprint density at radius 2 is 1.63 bits per heavy atom. The SMILES string of the molecule is C=C(/C=C(/F)C(=C)CCC1CCC(c2ccc(-c3ccc(O)cc3)c(F)c2F)CC1)OC.C=CC. The van der Waals surface area contributed by atoms with E-state index in [1.165, 1.54) is 25.3 Å². The fourth-order valence-electron chi connectivity index (χ4n) is 4.31. The lowest BCUT2D eigenvalue weighted by atomic mass is 9.76. The van der Waals surface area contributed by atoms with Gasteiger partial charge in [0.15, 0.2) is 11.6 Å². The van der Waals surface area contributed by atoms with E-state index < -0.39 is 17.5 Å². The van der Waals surface area contributed by atoms with Crippen molar-refractivity contribution in [2.24, 2.45) is 5.92 Å². The second-order valence-corrected chi connectivity index (χ2v) is 8.81. The zero-order valence-corrected chi connectivity index (χ0v) is 20.6. The van der Waals surface area contributed by atoms with Crippen molar-refractivity contribution < 1.29 is 23.0 Å². The lowest BCUT2D eigenvalue weighted by molar-refractivity contribution is 0.303. The lowest BCUT2D eigenvalue weighted by Crippen LogP contribution is -2.15. The van der Waals surface area contributed by atoms with Crippen LogP contribution in [0.25, 0.3) is 11.1 Å². The first-order chi connectivity index (χ1) is 16.7. The van der Waals surface area contributed by atoms with Gasteiger partial charge in [-0.2, -0.15) is 0 Å². The Labute approximate surface area is 207 Å². The van der Waals surface area contributed by atoms with Gasteiger partial charge in [0.05, 0.1) is 7.11 Å². The molecule has 0 aliphatic heterocycles. The third-order valence-corrected chi connectivity index (χ3v) is 6.32. The molecule has 2 aromatic rings. The summed E-state index contributed by atoms with van der Waals surface area (Å²) in [6.45, 7) is 12.6. The molecule has 1 N–H and O–H groups in total. The van der Waals surface area contributed by atoms with Crippen LogP contribution in [0.2, 0.25) is 0 Å². The number of benzene rings is 2. The third kappa shape index (κ3) is 7.91. The van der Waals surface area contributed by atoms with Crippen molar-refractivity contribution in [3.05, 3.63) is 103 Å². The molecule has 0 atom stereocenters. The topological polar surface area (TPSA) is 29.5 Å². The highest BCUT2D eigenvalue weighted by atomic mass is 19.2. The van der Waals surface area contributed by atoms with E-state index >= 15 is 0 Å². The summed E-state index contributed by atoms with van der Waals surface area (Å²) in [5.41, 5.74) is 1.54. The number of halogens is 3. The van der Waals surface area contributed by atoms with Crippen molar-refractivity contribution in [3.8, 4) is 16.9 Å². The summed E-state index contributed by atoms with van der Waals surface area (Å²) in [7, 11) is 1.43. The number of rotatable bonds is 8. The number of ether oxygens (including phenoxy) is 1. The molecule has 0 radical (unpaired) electrons. The van der Waals surface area contributed by atoms with Gasteiger partial charge in [0.2, 0.25) is 0 Å². The Bertz CT molecular complexity index is 1050. The minimum Gasteiger partial charge on any atom is -0.508 e. The number of methoxy groups -OCH3 is 1. The van der Waals surface area contributed by atoms with E-state index in [2.05, 4.69) is 19.7 Å². The van der Waals surface area contributed by atoms with Gasteiger partial charge in [0, 0.05) is 11.6 Å². The number of phenols is 1. The summed E-state index contributed by atoms with van der Waals surface area (Å²) in [6.07, 6.45) is 7.64. The Morgan fingerprint density at radius 1 is 1.03 bits per heavy atom. The van der Waals surface area contributed by atoms with E-state index in [0.29, 0.717) is 29.0 Å². The van der Waals surface area contributed by atoms with Crippen LogP contribution in [0.5, 0.6) is 5.75 Å². The van der Waals surface area contributed by atoms with Crippen LogP contribution >= 0.6 is 0 Å². The predicted octanol–water partition coefficient (Wildman–Crippen LogP) is 9.15. The smallest absolute Gasteiger partial charge is 0.166 e. The molecular weight excluding hydrogens is 449 g/mol. The standard InChI is InChI=1S/C27H29F3O2.C3H6/c1-17(25(28)16-18(2)32-3)4-5-19-6-8-20(9-7-19)23-14-15-24(27(30)26(23)29)21-10-12-22(31)13-11-21;1-3-2/h10-16,19-20,31H,1-2,4-9H2,3H3;3H,1H2,2H3/b25-16+;. The van der Waals surface area contributed by atoms with Crippen LogP contribution in [0, 0.1) is 17.6 Å². The molecule has 35 heavy (non-hydrogen) atoms. The molecule has 1 aliphatic rings. The van der Waals surface area contributed by atoms with Gasteiger partial charge in [0.1, 0.15) is 17.3 Å². The zero-order valence-electron chi connectivity index (χ0n) is 20.6. The molecule has 0 spiro atoms. The van der Waals surface area contributed by atoms with Gasteiger partial charge < -0.3 is 9.84 Å². The van der Waals surface area contributed by atoms with E-state index in [1.54, 1.807) is 30.3 Å². The van der Waals surface area contributed by atoms with E-state index in [0.717, 1.165) is 32.1 Å². The quantitative estimate of drug-likeness (QED) is 0.230. The highest BCUT2D eigenvalue weighted by molar-refractivity contribution is 5.65. The van der Waals surface area contributed by atoms with Crippen molar-refractivity contribution in [3.63, 3.8) is 0 Å². The molecule has 0 amide bonds. The van der Waals surface area contributed by atoms with Gasteiger partial charge in [-0.1, -0.05) is 43.5 Å². The normalized spacial score (nSPS) is 17.7. The first-order valence-electron chi connectivity index (χ1n) is 11.8. The molecule has 2 aromatic carbocycles. The molecule has 1 aliphatic carbocycles. The van der Waals surface area contributed by atoms with Crippen molar-refractivity contribution >= 4 is 0 Å². The van der Waals surface area contributed by atoms with Gasteiger partial charge in [-0.25, -0.2) is 13.2 Å². The molecular formula is C30H35F3O2. The summed E-state index contributed by atoms with van der Waals surface area (Å²) >= 11 is 0. The van der Waals surface area contributed by atoms with E-state index in [-0.39, 0.29) is 23.0 Å². The molecule has 1 saturated carbocycles.